The van der Waals surface area contributed by atoms with Crippen LogP contribution in [0, 0.1) is 0 Å². The maximum Gasteiger partial charge on any atom is 0.304 e. The summed E-state index contributed by atoms with van der Waals surface area (Å²) in [6.45, 7) is 0. The minimum absolute atomic E-state index is 0.0369. The Balaban J connectivity index is 2.33. The third-order valence-corrected chi connectivity index (χ3v) is 3.54. The van der Waals surface area contributed by atoms with Crippen molar-refractivity contribution in [1.82, 2.24) is 4.98 Å². The van der Waals surface area contributed by atoms with E-state index in [0.717, 1.165) is 10.6 Å². The van der Waals surface area contributed by atoms with Crippen molar-refractivity contribution in [2.45, 2.75) is 12.3 Å². The molecule has 2 rings (SSSR count). The molecule has 0 amide bonds. The van der Waals surface area contributed by atoms with Gasteiger partial charge in [-0.2, -0.15) is 0 Å². The number of carbonyl (C=O) groups is 1. The summed E-state index contributed by atoms with van der Waals surface area (Å²) in [6.07, 6.45) is 1.72. The molecule has 2 aromatic rings. The molecule has 0 aliphatic carbocycles. The first-order chi connectivity index (χ1) is 8.16. The van der Waals surface area contributed by atoms with Crippen molar-refractivity contribution >= 4 is 28.9 Å². The number of hydrogen-bond donors (Lipinski definition) is 1. The van der Waals surface area contributed by atoms with Crippen LogP contribution in [0.2, 0.25) is 5.02 Å². The van der Waals surface area contributed by atoms with Crippen LogP contribution in [0.5, 0.6) is 0 Å². The largest absolute Gasteiger partial charge is 0.481 e. The van der Waals surface area contributed by atoms with Gasteiger partial charge in [0, 0.05) is 22.5 Å². The van der Waals surface area contributed by atoms with Crippen molar-refractivity contribution in [3.05, 3.63) is 51.4 Å². The highest BCUT2D eigenvalue weighted by Crippen LogP contribution is 2.30. The lowest BCUT2D eigenvalue weighted by Crippen LogP contribution is -2.07. The molecule has 0 radical (unpaired) electrons. The Hall–Kier alpha value is -1.39. The molecule has 0 fully saturated rings. The SMILES string of the molecule is O=C(O)CC(c1ccc(Cl)cc1)c1nccs1. The lowest BCUT2D eigenvalue weighted by Gasteiger charge is -2.12. The number of benzene rings is 1. The molecule has 0 saturated carbocycles. The van der Waals surface area contributed by atoms with Gasteiger partial charge < -0.3 is 5.11 Å². The van der Waals surface area contributed by atoms with Gasteiger partial charge in [-0.25, -0.2) is 4.98 Å². The molecule has 0 spiro atoms. The molecule has 0 aliphatic rings. The van der Waals surface area contributed by atoms with Crippen molar-refractivity contribution < 1.29 is 9.90 Å². The number of carboxylic acid groups (broad SMARTS) is 1. The number of carboxylic acids is 1. The summed E-state index contributed by atoms with van der Waals surface area (Å²) in [5.41, 5.74) is 0.923. The summed E-state index contributed by atoms with van der Waals surface area (Å²) in [5, 5.41) is 12.3. The smallest absolute Gasteiger partial charge is 0.304 e. The zero-order chi connectivity index (χ0) is 12.3. The van der Waals surface area contributed by atoms with Gasteiger partial charge in [0.25, 0.3) is 0 Å². The van der Waals surface area contributed by atoms with E-state index in [0.29, 0.717) is 5.02 Å². The molecule has 1 heterocycles. The van der Waals surface area contributed by atoms with E-state index in [2.05, 4.69) is 4.98 Å². The van der Waals surface area contributed by atoms with Crippen LogP contribution in [0.1, 0.15) is 22.9 Å². The molecule has 0 aliphatic heterocycles. The summed E-state index contributed by atoms with van der Waals surface area (Å²) in [7, 11) is 0. The van der Waals surface area contributed by atoms with Gasteiger partial charge in [-0.1, -0.05) is 23.7 Å². The zero-order valence-corrected chi connectivity index (χ0v) is 10.4. The Labute approximate surface area is 108 Å². The molecule has 1 unspecified atom stereocenters. The van der Waals surface area contributed by atoms with Gasteiger partial charge in [0.05, 0.1) is 6.42 Å². The molecule has 0 bridgehead atoms. The summed E-state index contributed by atoms with van der Waals surface area (Å²) in [5.74, 6) is -1.04. The van der Waals surface area contributed by atoms with Gasteiger partial charge in [0.15, 0.2) is 0 Å². The highest BCUT2D eigenvalue weighted by molar-refractivity contribution is 7.09. The predicted molar refractivity (Wildman–Crippen MR) is 67.7 cm³/mol. The van der Waals surface area contributed by atoms with Crippen molar-refractivity contribution in [1.29, 1.82) is 0 Å². The molecule has 5 heteroatoms. The van der Waals surface area contributed by atoms with E-state index in [1.54, 1.807) is 18.3 Å². The first kappa shape index (κ1) is 12.1. The second-order valence-electron chi connectivity index (χ2n) is 3.57. The van der Waals surface area contributed by atoms with Crippen LogP contribution in [0.25, 0.3) is 0 Å². The van der Waals surface area contributed by atoms with E-state index >= 15 is 0 Å². The first-order valence-electron chi connectivity index (χ1n) is 5.03. The molecular formula is C12H10ClNO2S. The number of thiazole rings is 1. The fourth-order valence-electron chi connectivity index (χ4n) is 1.62. The van der Waals surface area contributed by atoms with Gasteiger partial charge >= 0.3 is 5.97 Å². The van der Waals surface area contributed by atoms with E-state index in [1.165, 1.54) is 11.3 Å². The molecule has 0 saturated heterocycles. The van der Waals surface area contributed by atoms with E-state index in [9.17, 15) is 4.79 Å². The Morgan fingerprint density at radius 3 is 2.65 bits per heavy atom. The Kier molecular flexibility index (Phi) is 3.76. The summed E-state index contributed by atoms with van der Waals surface area (Å²) in [4.78, 5) is 15.1. The van der Waals surface area contributed by atoms with Crippen molar-refractivity contribution in [2.75, 3.05) is 0 Å². The number of aromatic nitrogens is 1. The van der Waals surface area contributed by atoms with E-state index in [-0.39, 0.29) is 12.3 Å². The quantitative estimate of drug-likeness (QED) is 0.924. The molecule has 1 aromatic heterocycles. The predicted octanol–water partition coefficient (Wildman–Crippen LogP) is 3.40. The van der Waals surface area contributed by atoms with Gasteiger partial charge in [0.2, 0.25) is 0 Å². The van der Waals surface area contributed by atoms with Crippen LogP contribution >= 0.6 is 22.9 Å². The van der Waals surface area contributed by atoms with Crippen molar-refractivity contribution in [2.24, 2.45) is 0 Å². The second-order valence-corrected chi connectivity index (χ2v) is 4.93. The van der Waals surface area contributed by atoms with E-state index in [4.69, 9.17) is 16.7 Å². The Bertz CT molecular complexity index is 496. The lowest BCUT2D eigenvalue weighted by atomic mass is 9.96. The minimum atomic E-state index is -0.833. The van der Waals surface area contributed by atoms with Gasteiger partial charge in [-0.15, -0.1) is 11.3 Å². The van der Waals surface area contributed by atoms with Crippen LogP contribution in [0.4, 0.5) is 0 Å². The fraction of sp³-hybridized carbons (Fsp3) is 0.167. The van der Waals surface area contributed by atoms with Crippen LogP contribution in [-0.4, -0.2) is 16.1 Å². The minimum Gasteiger partial charge on any atom is -0.481 e. The maximum atomic E-state index is 10.9. The van der Waals surface area contributed by atoms with E-state index < -0.39 is 5.97 Å². The maximum absolute atomic E-state index is 10.9. The van der Waals surface area contributed by atoms with Crippen LogP contribution in [0.15, 0.2) is 35.8 Å². The average Bonchev–Trinajstić information content (AvgIpc) is 2.80. The summed E-state index contributed by atoms with van der Waals surface area (Å²) >= 11 is 7.28. The van der Waals surface area contributed by atoms with Crippen molar-refractivity contribution in [3.8, 4) is 0 Å². The molecule has 3 nitrogen and oxygen atoms in total. The molecular weight excluding hydrogens is 258 g/mol. The van der Waals surface area contributed by atoms with Gasteiger partial charge in [-0.05, 0) is 17.7 Å². The molecule has 17 heavy (non-hydrogen) atoms. The van der Waals surface area contributed by atoms with Gasteiger partial charge in [0.1, 0.15) is 5.01 Å². The first-order valence-corrected chi connectivity index (χ1v) is 6.29. The molecule has 1 aromatic carbocycles. The number of nitrogens with zero attached hydrogens (tertiary/aromatic N) is 1. The van der Waals surface area contributed by atoms with Crippen molar-refractivity contribution in [3.63, 3.8) is 0 Å². The second kappa shape index (κ2) is 5.29. The molecule has 88 valence electrons. The summed E-state index contributed by atoms with van der Waals surface area (Å²) in [6, 6.07) is 7.22. The third-order valence-electron chi connectivity index (χ3n) is 2.40. The number of halogens is 1. The number of hydrogen-bond acceptors (Lipinski definition) is 3. The van der Waals surface area contributed by atoms with E-state index in [1.807, 2.05) is 17.5 Å². The molecule has 1 N–H and O–H groups in total. The summed E-state index contributed by atoms with van der Waals surface area (Å²) < 4.78 is 0. The molecule has 1 atom stereocenters. The third kappa shape index (κ3) is 3.05. The number of aliphatic carboxylic acids is 1. The number of rotatable bonds is 4. The highest BCUT2D eigenvalue weighted by Gasteiger charge is 2.19. The monoisotopic (exact) mass is 267 g/mol. The standard InChI is InChI=1S/C12H10ClNO2S/c13-9-3-1-8(2-4-9)10(7-11(15)16)12-14-5-6-17-12/h1-6,10H,7H2,(H,15,16). The lowest BCUT2D eigenvalue weighted by molar-refractivity contribution is -0.137. The zero-order valence-electron chi connectivity index (χ0n) is 8.84. The highest BCUT2D eigenvalue weighted by atomic mass is 35.5. The Morgan fingerprint density at radius 1 is 1.41 bits per heavy atom. The van der Waals surface area contributed by atoms with Crippen LogP contribution in [0.3, 0.4) is 0 Å². The fourth-order valence-corrected chi connectivity index (χ4v) is 2.52. The van der Waals surface area contributed by atoms with Gasteiger partial charge in [-0.3, -0.25) is 4.79 Å². The van der Waals surface area contributed by atoms with Crippen LogP contribution in [-0.2, 0) is 4.79 Å². The normalized spacial score (nSPS) is 12.3. The topological polar surface area (TPSA) is 50.2 Å². The average molecular weight is 268 g/mol. The Morgan fingerprint density at radius 2 is 2.12 bits per heavy atom. The van der Waals surface area contributed by atoms with Crippen LogP contribution < -0.4 is 0 Å².